The number of likely N-dealkylation sites (N-methyl/N-ethyl adjacent to an activating group) is 1. The van der Waals surface area contributed by atoms with E-state index in [0.717, 1.165) is 6.54 Å². The van der Waals surface area contributed by atoms with Gasteiger partial charge in [0.1, 0.15) is 0 Å². The molecule has 0 fully saturated rings. The molecule has 0 bridgehead atoms. The van der Waals surface area contributed by atoms with E-state index in [0.29, 0.717) is 6.54 Å². The van der Waals surface area contributed by atoms with Crippen molar-refractivity contribution in [1.82, 2.24) is 5.01 Å². The van der Waals surface area contributed by atoms with E-state index in [9.17, 15) is 0 Å². The molecule has 2 N–H and O–H groups in total. The number of aliphatic imine (C=N–C) groups is 1. The molecule has 0 atom stereocenters. The lowest BCUT2D eigenvalue weighted by Gasteiger charge is -2.04. The molecule has 0 aliphatic rings. The molecule has 0 amide bonds. The first-order chi connectivity index (χ1) is 3.27. The van der Waals surface area contributed by atoms with Crippen LogP contribution in [0.3, 0.4) is 0 Å². The van der Waals surface area contributed by atoms with Gasteiger partial charge in [-0.2, -0.15) is 0 Å². The summed E-state index contributed by atoms with van der Waals surface area (Å²) in [6.45, 7) is 4.80. The normalized spacial score (nSPS) is 9.57. The van der Waals surface area contributed by atoms with E-state index in [2.05, 4.69) is 11.7 Å². The molecule has 0 radical (unpaired) electrons. The number of nitrogens with zero attached hydrogens (tertiary/aromatic N) is 2. The van der Waals surface area contributed by atoms with Crippen LogP contribution in [0.25, 0.3) is 0 Å². The molecule has 0 aliphatic carbocycles. The summed E-state index contributed by atoms with van der Waals surface area (Å²) in [7, 11) is 1.80. The largest absolute Gasteiger partial charge is 0.300 e. The topological polar surface area (TPSA) is 41.6 Å². The first-order valence-corrected chi connectivity index (χ1v) is 2.15. The smallest absolute Gasteiger partial charge is 0.0523 e. The van der Waals surface area contributed by atoms with Crippen molar-refractivity contribution in [3.8, 4) is 0 Å². The third-order valence-electron chi connectivity index (χ3n) is 0.611. The molecule has 0 aliphatic heterocycles. The van der Waals surface area contributed by atoms with Crippen LogP contribution in [-0.4, -0.2) is 31.9 Å². The summed E-state index contributed by atoms with van der Waals surface area (Å²) in [5.41, 5.74) is 0. The van der Waals surface area contributed by atoms with Crippen molar-refractivity contribution in [2.45, 2.75) is 0 Å². The minimum absolute atomic E-state index is 0.715. The van der Waals surface area contributed by atoms with Gasteiger partial charge in [-0.1, -0.05) is 0 Å². The molecule has 7 heavy (non-hydrogen) atoms. The van der Waals surface area contributed by atoms with Gasteiger partial charge >= 0.3 is 0 Å². The van der Waals surface area contributed by atoms with Gasteiger partial charge in [0.2, 0.25) is 0 Å². The van der Waals surface area contributed by atoms with E-state index in [4.69, 9.17) is 5.84 Å². The van der Waals surface area contributed by atoms with Gasteiger partial charge in [-0.25, -0.2) is 5.01 Å². The summed E-state index contributed by atoms with van der Waals surface area (Å²) in [6, 6.07) is 0. The Kier molecular flexibility index (Phi) is 3.55. The molecule has 0 saturated carbocycles. The molecule has 0 rings (SSSR count). The van der Waals surface area contributed by atoms with Crippen LogP contribution in [0.4, 0.5) is 0 Å². The van der Waals surface area contributed by atoms with Crippen molar-refractivity contribution in [1.29, 1.82) is 0 Å². The van der Waals surface area contributed by atoms with Crippen molar-refractivity contribution >= 4 is 6.72 Å². The molecule has 3 nitrogen and oxygen atoms in total. The molecule has 0 aromatic heterocycles. The van der Waals surface area contributed by atoms with Gasteiger partial charge in [-0.05, 0) is 6.72 Å². The number of hydrogen-bond acceptors (Lipinski definition) is 3. The fourth-order valence-corrected chi connectivity index (χ4v) is 0.228. The lowest BCUT2D eigenvalue weighted by atomic mass is 10.6. The highest BCUT2D eigenvalue weighted by Crippen LogP contribution is 1.67. The van der Waals surface area contributed by atoms with Gasteiger partial charge < -0.3 is 0 Å². The summed E-state index contributed by atoms with van der Waals surface area (Å²) in [6.07, 6.45) is 0. The maximum Gasteiger partial charge on any atom is 0.0523 e. The minimum atomic E-state index is 0.715. The SMILES string of the molecule is C=NCCN(C)N. The van der Waals surface area contributed by atoms with Crippen LogP contribution >= 0.6 is 0 Å². The van der Waals surface area contributed by atoms with Gasteiger partial charge in [0, 0.05) is 13.6 Å². The quantitative estimate of drug-likeness (QED) is 0.295. The highest BCUT2D eigenvalue weighted by atomic mass is 15.4. The number of rotatable bonds is 3. The number of nitrogens with two attached hydrogens (primary N) is 1. The Labute approximate surface area is 43.8 Å². The van der Waals surface area contributed by atoms with Crippen molar-refractivity contribution in [2.24, 2.45) is 10.8 Å². The molecule has 0 aromatic carbocycles. The van der Waals surface area contributed by atoms with Gasteiger partial charge in [-0.3, -0.25) is 10.8 Å². The summed E-state index contributed by atoms with van der Waals surface area (Å²) in [5.74, 6) is 5.22. The third kappa shape index (κ3) is 5.59. The Balaban J connectivity index is 2.81. The van der Waals surface area contributed by atoms with Crippen LogP contribution < -0.4 is 5.84 Å². The third-order valence-corrected chi connectivity index (χ3v) is 0.611. The van der Waals surface area contributed by atoms with Gasteiger partial charge in [0.25, 0.3) is 0 Å². The van der Waals surface area contributed by atoms with Crippen LogP contribution in [-0.2, 0) is 0 Å². The highest BCUT2D eigenvalue weighted by Gasteiger charge is 1.82. The van der Waals surface area contributed by atoms with Crippen molar-refractivity contribution in [3.05, 3.63) is 0 Å². The molecule has 0 heterocycles. The molecule has 0 unspecified atom stereocenters. The van der Waals surface area contributed by atoms with Crippen LogP contribution in [0.5, 0.6) is 0 Å². The summed E-state index contributed by atoms with van der Waals surface area (Å²) in [4.78, 5) is 3.60. The Morgan fingerprint density at radius 3 is 2.57 bits per heavy atom. The molecule has 0 spiro atoms. The molecular weight excluding hydrogens is 90.1 g/mol. The fourth-order valence-electron chi connectivity index (χ4n) is 0.228. The summed E-state index contributed by atoms with van der Waals surface area (Å²) in [5, 5.41) is 1.58. The molecule has 0 aromatic rings. The van der Waals surface area contributed by atoms with Gasteiger partial charge in [0.15, 0.2) is 0 Å². The fraction of sp³-hybridized carbons (Fsp3) is 0.750. The monoisotopic (exact) mass is 101 g/mol. The van der Waals surface area contributed by atoms with Crippen molar-refractivity contribution in [2.75, 3.05) is 20.1 Å². The Hall–Kier alpha value is -0.410. The maximum atomic E-state index is 5.22. The Bertz CT molecular complexity index is 50.9. The number of hydrazine groups is 1. The van der Waals surface area contributed by atoms with Crippen molar-refractivity contribution in [3.63, 3.8) is 0 Å². The Morgan fingerprint density at radius 2 is 2.43 bits per heavy atom. The zero-order chi connectivity index (χ0) is 5.70. The molecule has 3 heteroatoms. The predicted molar refractivity (Wildman–Crippen MR) is 31.2 cm³/mol. The van der Waals surface area contributed by atoms with E-state index in [1.807, 2.05) is 0 Å². The second-order valence-corrected chi connectivity index (χ2v) is 1.43. The molecule has 42 valence electrons. The van der Waals surface area contributed by atoms with E-state index in [1.54, 1.807) is 12.1 Å². The van der Waals surface area contributed by atoms with E-state index in [1.165, 1.54) is 0 Å². The average Bonchev–Trinajstić information content (AvgIpc) is 1.61. The van der Waals surface area contributed by atoms with E-state index in [-0.39, 0.29) is 0 Å². The average molecular weight is 101 g/mol. The van der Waals surface area contributed by atoms with Crippen molar-refractivity contribution < 1.29 is 0 Å². The first kappa shape index (κ1) is 6.59. The molecular formula is C4H11N3. The van der Waals surface area contributed by atoms with Gasteiger partial charge in [-0.15, -0.1) is 0 Å². The second kappa shape index (κ2) is 3.77. The predicted octanol–water partition coefficient (Wildman–Crippen LogP) is -0.507. The zero-order valence-electron chi connectivity index (χ0n) is 4.59. The number of hydrogen-bond donors (Lipinski definition) is 1. The second-order valence-electron chi connectivity index (χ2n) is 1.43. The highest BCUT2D eigenvalue weighted by molar-refractivity contribution is 5.23. The standard InChI is InChI=1S/C4H11N3/c1-6-3-4-7(2)5/h1,3-5H2,2H3. The van der Waals surface area contributed by atoms with E-state index >= 15 is 0 Å². The Morgan fingerprint density at radius 1 is 1.86 bits per heavy atom. The van der Waals surface area contributed by atoms with Crippen LogP contribution in [0.15, 0.2) is 4.99 Å². The van der Waals surface area contributed by atoms with Gasteiger partial charge in [0.05, 0.1) is 6.54 Å². The first-order valence-electron chi connectivity index (χ1n) is 2.15. The maximum absolute atomic E-state index is 5.22. The minimum Gasteiger partial charge on any atom is -0.300 e. The lowest BCUT2D eigenvalue weighted by Crippen LogP contribution is -2.28. The van der Waals surface area contributed by atoms with Crippen LogP contribution in [0, 0.1) is 0 Å². The van der Waals surface area contributed by atoms with E-state index < -0.39 is 0 Å². The zero-order valence-corrected chi connectivity index (χ0v) is 4.59. The van der Waals surface area contributed by atoms with Crippen LogP contribution in [0.2, 0.25) is 0 Å². The summed E-state index contributed by atoms with van der Waals surface area (Å²) >= 11 is 0. The lowest BCUT2D eigenvalue weighted by molar-refractivity contribution is 0.360. The molecule has 0 saturated heterocycles. The summed E-state index contributed by atoms with van der Waals surface area (Å²) < 4.78 is 0. The van der Waals surface area contributed by atoms with Crippen LogP contribution in [0.1, 0.15) is 0 Å².